The number of fused-ring (bicyclic) bond motifs is 1. The predicted molar refractivity (Wildman–Crippen MR) is 110 cm³/mol. The maximum Gasteiger partial charge on any atom is 0.387 e. The topological polar surface area (TPSA) is 85.4 Å². The van der Waals surface area contributed by atoms with Crippen LogP contribution in [0.1, 0.15) is 36.6 Å². The van der Waals surface area contributed by atoms with Gasteiger partial charge in [0.2, 0.25) is 0 Å². The number of aromatic nitrogens is 5. The molecule has 9 heteroatoms. The third-order valence-corrected chi connectivity index (χ3v) is 4.81. The summed E-state index contributed by atoms with van der Waals surface area (Å²) in [6.45, 7) is 2.17. The van der Waals surface area contributed by atoms with Crippen molar-refractivity contribution in [1.29, 1.82) is 0 Å². The van der Waals surface area contributed by atoms with Crippen LogP contribution in [0.2, 0.25) is 0 Å². The van der Waals surface area contributed by atoms with Gasteiger partial charge in [-0.15, -0.1) is 0 Å². The number of nitrogens with zero attached hydrogens (tertiary/aromatic N) is 5. The molecule has 0 aliphatic rings. The van der Waals surface area contributed by atoms with Gasteiger partial charge < -0.3 is 9.84 Å². The van der Waals surface area contributed by atoms with Crippen molar-refractivity contribution in [2.45, 2.75) is 39.4 Å². The van der Waals surface area contributed by atoms with Crippen LogP contribution in [0.4, 0.5) is 8.78 Å². The lowest BCUT2D eigenvalue weighted by Crippen LogP contribution is -2.19. The molecule has 0 radical (unpaired) electrons. The molecule has 0 atom stereocenters. The second-order valence-corrected chi connectivity index (χ2v) is 7.65. The van der Waals surface area contributed by atoms with E-state index in [9.17, 15) is 13.9 Å². The molecule has 0 bridgehead atoms. The van der Waals surface area contributed by atoms with E-state index >= 15 is 0 Å². The van der Waals surface area contributed by atoms with Gasteiger partial charge in [0.05, 0.1) is 17.1 Å². The molecular formula is C22H21F2N5O2. The second-order valence-electron chi connectivity index (χ2n) is 7.65. The van der Waals surface area contributed by atoms with E-state index in [1.807, 2.05) is 19.1 Å². The third kappa shape index (κ3) is 4.36. The fourth-order valence-electron chi connectivity index (χ4n) is 3.26. The van der Waals surface area contributed by atoms with Crippen LogP contribution in [0.25, 0.3) is 16.9 Å². The molecule has 31 heavy (non-hydrogen) atoms. The van der Waals surface area contributed by atoms with Gasteiger partial charge in [0.25, 0.3) is 0 Å². The summed E-state index contributed by atoms with van der Waals surface area (Å²) in [5.74, 6) is 0.436. The highest BCUT2D eigenvalue weighted by Gasteiger charge is 2.20. The van der Waals surface area contributed by atoms with Crippen molar-refractivity contribution >= 4 is 5.65 Å². The average Bonchev–Trinajstić information content (AvgIpc) is 3.03. The second kappa shape index (κ2) is 7.99. The molecule has 0 saturated carbocycles. The molecule has 4 aromatic rings. The molecule has 0 amide bonds. The van der Waals surface area contributed by atoms with E-state index in [0.29, 0.717) is 34.7 Å². The maximum atomic E-state index is 12.8. The molecule has 0 unspecified atom stereocenters. The minimum absolute atomic E-state index is 0.124. The Morgan fingerprint density at radius 1 is 1.10 bits per heavy atom. The molecule has 0 aliphatic heterocycles. The molecule has 0 spiro atoms. The van der Waals surface area contributed by atoms with Crippen LogP contribution in [-0.4, -0.2) is 36.3 Å². The lowest BCUT2D eigenvalue weighted by molar-refractivity contribution is -0.0504. The van der Waals surface area contributed by atoms with Crippen LogP contribution in [0.15, 0.2) is 48.8 Å². The fraction of sp³-hybridized carbons (Fsp3) is 0.273. The highest BCUT2D eigenvalue weighted by Crippen LogP contribution is 2.26. The number of aliphatic hydroxyl groups is 1. The van der Waals surface area contributed by atoms with Gasteiger partial charge in [0, 0.05) is 29.9 Å². The summed E-state index contributed by atoms with van der Waals surface area (Å²) in [4.78, 5) is 13.0. The smallest absolute Gasteiger partial charge is 0.387 e. The van der Waals surface area contributed by atoms with Crippen molar-refractivity contribution in [3.63, 3.8) is 0 Å². The van der Waals surface area contributed by atoms with E-state index in [1.165, 1.54) is 6.07 Å². The van der Waals surface area contributed by atoms with Gasteiger partial charge in [-0.25, -0.2) is 19.5 Å². The summed E-state index contributed by atoms with van der Waals surface area (Å²) < 4.78 is 31.9. The average molecular weight is 425 g/mol. The van der Waals surface area contributed by atoms with E-state index in [1.54, 1.807) is 49.0 Å². The molecule has 3 heterocycles. The molecule has 160 valence electrons. The van der Waals surface area contributed by atoms with Gasteiger partial charge in [-0.3, -0.25) is 0 Å². The van der Waals surface area contributed by atoms with E-state index in [-0.39, 0.29) is 5.75 Å². The van der Waals surface area contributed by atoms with Gasteiger partial charge in [-0.2, -0.15) is 13.9 Å². The molecule has 4 rings (SSSR count). The Kier molecular flexibility index (Phi) is 5.36. The van der Waals surface area contributed by atoms with Crippen molar-refractivity contribution in [3.05, 3.63) is 71.6 Å². The molecule has 1 aromatic carbocycles. The largest absolute Gasteiger partial charge is 0.435 e. The Morgan fingerprint density at radius 3 is 2.48 bits per heavy atom. The molecule has 0 fully saturated rings. The van der Waals surface area contributed by atoms with Gasteiger partial charge >= 0.3 is 6.61 Å². The molecule has 0 aliphatic carbocycles. The lowest BCUT2D eigenvalue weighted by atomic mass is 10.1. The number of rotatable bonds is 6. The maximum absolute atomic E-state index is 12.8. The summed E-state index contributed by atoms with van der Waals surface area (Å²) >= 11 is 0. The zero-order valence-corrected chi connectivity index (χ0v) is 17.3. The predicted octanol–water partition coefficient (Wildman–Crippen LogP) is 3.91. The fourth-order valence-corrected chi connectivity index (χ4v) is 3.26. The monoisotopic (exact) mass is 425 g/mol. The zero-order chi connectivity index (χ0) is 22.2. The van der Waals surface area contributed by atoms with Crippen LogP contribution in [-0.2, 0) is 12.0 Å². The normalized spacial score (nSPS) is 12.0. The number of aryl methyl sites for hydroxylation is 1. The number of hydrogen-bond donors (Lipinski definition) is 1. The Balaban J connectivity index is 1.72. The first-order valence-corrected chi connectivity index (χ1v) is 9.65. The molecule has 7 nitrogen and oxygen atoms in total. The summed E-state index contributed by atoms with van der Waals surface area (Å²) in [6.07, 6.45) is 3.52. The van der Waals surface area contributed by atoms with Crippen molar-refractivity contribution in [1.82, 2.24) is 24.6 Å². The van der Waals surface area contributed by atoms with Gasteiger partial charge in [0.15, 0.2) is 11.5 Å². The Morgan fingerprint density at radius 2 is 1.81 bits per heavy atom. The Bertz CT molecular complexity index is 1220. The van der Waals surface area contributed by atoms with E-state index in [0.717, 1.165) is 11.4 Å². The number of benzene rings is 1. The highest BCUT2D eigenvalue weighted by molar-refractivity contribution is 5.59. The number of ether oxygens (including phenoxy) is 1. The quantitative estimate of drug-likeness (QED) is 0.504. The van der Waals surface area contributed by atoms with Crippen LogP contribution in [0, 0.1) is 6.92 Å². The van der Waals surface area contributed by atoms with Crippen LogP contribution < -0.4 is 4.74 Å². The zero-order valence-electron chi connectivity index (χ0n) is 17.3. The number of alkyl halides is 2. The van der Waals surface area contributed by atoms with Crippen molar-refractivity contribution in [2.75, 3.05) is 0 Å². The van der Waals surface area contributed by atoms with Crippen LogP contribution >= 0.6 is 0 Å². The van der Waals surface area contributed by atoms with Crippen molar-refractivity contribution in [2.24, 2.45) is 0 Å². The highest BCUT2D eigenvalue weighted by atomic mass is 19.3. The lowest BCUT2D eigenvalue weighted by Gasteiger charge is -2.15. The Labute approximate surface area is 177 Å². The van der Waals surface area contributed by atoms with Crippen LogP contribution in [0.3, 0.4) is 0 Å². The third-order valence-electron chi connectivity index (χ3n) is 4.81. The van der Waals surface area contributed by atoms with Gasteiger partial charge in [0.1, 0.15) is 11.4 Å². The molecule has 3 aromatic heterocycles. The van der Waals surface area contributed by atoms with Crippen LogP contribution in [0.5, 0.6) is 5.75 Å². The molecule has 0 saturated heterocycles. The first-order valence-electron chi connectivity index (χ1n) is 9.65. The molecule has 1 N–H and O–H groups in total. The number of hydrogen-bond acceptors (Lipinski definition) is 6. The number of imidazole rings is 1. The minimum atomic E-state index is -2.90. The first-order chi connectivity index (χ1) is 14.7. The standard InChI is InChI=1S/C22H21F2N5O2/c1-13-17(10-14-6-4-5-7-18(14)31-21(23)24)29-19(27-13)9-8-16(28-29)15-11-25-20(26-12-15)22(2,3)30/h4-9,11-12,21,30H,10H2,1-3H3. The number of para-hydroxylation sites is 1. The summed E-state index contributed by atoms with van der Waals surface area (Å²) in [5.41, 5.74) is 2.90. The Hall–Kier alpha value is -3.46. The summed E-state index contributed by atoms with van der Waals surface area (Å²) in [5, 5.41) is 14.7. The van der Waals surface area contributed by atoms with E-state index < -0.39 is 12.2 Å². The summed E-state index contributed by atoms with van der Waals surface area (Å²) in [7, 11) is 0. The first kappa shape index (κ1) is 20.8. The molecular weight excluding hydrogens is 404 g/mol. The SMILES string of the molecule is Cc1nc2ccc(-c3cnc(C(C)(C)O)nc3)nn2c1Cc1ccccc1OC(F)F. The summed E-state index contributed by atoms with van der Waals surface area (Å²) in [6, 6.07) is 10.3. The van der Waals surface area contributed by atoms with Gasteiger partial charge in [-0.1, -0.05) is 18.2 Å². The minimum Gasteiger partial charge on any atom is -0.435 e. The van der Waals surface area contributed by atoms with Crippen molar-refractivity contribution < 1.29 is 18.6 Å². The van der Waals surface area contributed by atoms with Crippen molar-refractivity contribution in [3.8, 4) is 17.0 Å². The van der Waals surface area contributed by atoms with E-state index in [2.05, 4.69) is 24.8 Å². The number of halogens is 2. The van der Waals surface area contributed by atoms with E-state index in [4.69, 9.17) is 0 Å². The van der Waals surface area contributed by atoms with Gasteiger partial charge in [-0.05, 0) is 39.0 Å².